The summed E-state index contributed by atoms with van der Waals surface area (Å²) >= 11 is 0. The van der Waals surface area contributed by atoms with Crippen LogP contribution in [0, 0.1) is 6.92 Å². The van der Waals surface area contributed by atoms with Crippen LogP contribution < -0.4 is 22.2 Å². The lowest BCUT2D eigenvalue weighted by molar-refractivity contribution is 0.856. The molecular formula is C24H16N2O4S2. The van der Waals surface area contributed by atoms with Gasteiger partial charge in [0.2, 0.25) is 0 Å². The van der Waals surface area contributed by atoms with Crippen LogP contribution in [0.5, 0.6) is 0 Å². The number of aromatic nitrogens is 2. The zero-order chi connectivity index (χ0) is 22.6. The first-order valence-electron chi connectivity index (χ1n) is 9.75. The maximum absolute atomic E-state index is 13.0. The van der Waals surface area contributed by atoms with Crippen molar-refractivity contribution in [1.29, 1.82) is 0 Å². The van der Waals surface area contributed by atoms with Gasteiger partial charge in [0, 0.05) is 16.8 Å². The zero-order valence-corrected chi connectivity index (χ0v) is 18.8. The summed E-state index contributed by atoms with van der Waals surface area (Å²) in [7, 11) is 4.59. The first kappa shape index (κ1) is 20.5. The first-order chi connectivity index (χ1) is 15.3. The van der Waals surface area contributed by atoms with Gasteiger partial charge >= 0.3 is 0 Å². The van der Waals surface area contributed by atoms with E-state index < -0.39 is 22.2 Å². The summed E-state index contributed by atoms with van der Waals surface area (Å²) in [6, 6.07) is 18.1. The number of hydrogen-bond donors (Lipinski definition) is 0. The summed E-state index contributed by atoms with van der Waals surface area (Å²) < 4.78 is 2.07. The van der Waals surface area contributed by atoms with Crippen molar-refractivity contribution in [3.63, 3.8) is 0 Å². The van der Waals surface area contributed by atoms with Crippen LogP contribution in [0.4, 0.5) is 0 Å². The van der Waals surface area contributed by atoms with Gasteiger partial charge in [-0.15, -0.1) is 0 Å². The average molecular weight is 461 g/mol. The molecule has 6 nitrogen and oxygen atoms in total. The quantitative estimate of drug-likeness (QED) is 0.382. The molecule has 0 atom stereocenters. The van der Waals surface area contributed by atoms with Gasteiger partial charge in [-0.1, -0.05) is 39.3 Å². The van der Waals surface area contributed by atoms with Gasteiger partial charge in [-0.3, -0.25) is 23.7 Å². The topological polar surface area (TPSA) is 78.1 Å². The third kappa shape index (κ3) is 3.23. The smallest absolute Gasteiger partial charge is 0.266 e. The molecule has 0 saturated heterocycles. The van der Waals surface area contributed by atoms with Gasteiger partial charge in [0.05, 0.1) is 27.2 Å². The van der Waals surface area contributed by atoms with Crippen molar-refractivity contribution < 1.29 is 0 Å². The molecule has 32 heavy (non-hydrogen) atoms. The largest absolute Gasteiger partial charge is 0.277 e. The molecule has 0 fully saturated rings. The number of rotatable bonds is 4. The summed E-state index contributed by atoms with van der Waals surface area (Å²) in [5.41, 5.74) is -0.307. The number of fused-ring (bicyclic) bond motifs is 2. The maximum atomic E-state index is 13.0. The van der Waals surface area contributed by atoms with Crippen LogP contribution in [0.15, 0.2) is 89.6 Å². The minimum Gasteiger partial charge on any atom is -0.277 e. The van der Waals surface area contributed by atoms with E-state index in [2.05, 4.69) is 24.3 Å². The third-order valence-electron chi connectivity index (χ3n) is 5.44. The average Bonchev–Trinajstić information content (AvgIpc) is 3.17. The van der Waals surface area contributed by atoms with E-state index in [-0.39, 0.29) is 21.5 Å². The molecule has 0 aliphatic carbocycles. The monoisotopic (exact) mass is 460 g/mol. The summed E-state index contributed by atoms with van der Waals surface area (Å²) in [5, 5.41) is 0.579. The molecule has 0 N–H and O–H groups in total. The highest BCUT2D eigenvalue weighted by Crippen LogP contribution is 2.37. The normalized spacial score (nSPS) is 11.6. The Morgan fingerprint density at radius 3 is 1.47 bits per heavy atom. The maximum Gasteiger partial charge on any atom is 0.266 e. The van der Waals surface area contributed by atoms with E-state index in [0.717, 1.165) is 18.9 Å². The molecule has 0 radical (unpaired) electrons. The molecule has 2 heterocycles. The van der Waals surface area contributed by atoms with E-state index in [1.807, 2.05) is 19.1 Å². The van der Waals surface area contributed by atoms with Gasteiger partial charge < -0.3 is 0 Å². The lowest BCUT2D eigenvalue weighted by Crippen LogP contribution is -2.23. The highest BCUT2D eigenvalue weighted by atomic mass is 33.1. The number of aryl methyl sites for hydroxylation is 1. The lowest BCUT2D eigenvalue weighted by Gasteiger charge is -2.04. The Labute approximate surface area is 189 Å². The molecule has 0 saturated carbocycles. The Kier molecular flexibility index (Phi) is 4.91. The Bertz CT molecular complexity index is 1630. The van der Waals surface area contributed by atoms with Crippen LogP contribution in [-0.2, 0) is 7.05 Å². The van der Waals surface area contributed by atoms with Crippen molar-refractivity contribution in [2.45, 2.75) is 16.7 Å². The van der Waals surface area contributed by atoms with Gasteiger partial charge in [0.15, 0.2) is 0 Å². The first-order valence-corrected chi connectivity index (χ1v) is 11.9. The summed E-state index contributed by atoms with van der Waals surface area (Å²) in [6.07, 6.45) is 0. The molecule has 0 aliphatic heterocycles. The molecule has 0 bridgehead atoms. The van der Waals surface area contributed by atoms with Crippen molar-refractivity contribution in [2.24, 2.45) is 7.05 Å². The predicted molar refractivity (Wildman–Crippen MR) is 130 cm³/mol. The third-order valence-corrected chi connectivity index (χ3v) is 7.86. The molecule has 0 amide bonds. The molecule has 2 aromatic heterocycles. The van der Waals surface area contributed by atoms with E-state index in [1.54, 1.807) is 33.7 Å². The van der Waals surface area contributed by atoms with Crippen molar-refractivity contribution in [2.75, 3.05) is 0 Å². The zero-order valence-electron chi connectivity index (χ0n) is 17.1. The van der Waals surface area contributed by atoms with Gasteiger partial charge in [-0.2, -0.15) is 0 Å². The van der Waals surface area contributed by atoms with Crippen LogP contribution in [-0.4, -0.2) is 9.13 Å². The Balaban J connectivity index is 1.52. The van der Waals surface area contributed by atoms with Crippen molar-refractivity contribution in [1.82, 2.24) is 9.13 Å². The second-order valence-corrected chi connectivity index (χ2v) is 9.81. The Morgan fingerprint density at radius 2 is 1.00 bits per heavy atom. The number of hydrogen-bond acceptors (Lipinski definition) is 6. The number of benzene rings is 3. The van der Waals surface area contributed by atoms with Gasteiger partial charge in [-0.25, -0.2) is 4.57 Å². The fourth-order valence-corrected chi connectivity index (χ4v) is 5.60. The fraction of sp³-hybridized carbons (Fsp3) is 0.0833. The second kappa shape index (κ2) is 7.65. The van der Waals surface area contributed by atoms with Crippen LogP contribution >= 0.6 is 21.6 Å². The van der Waals surface area contributed by atoms with Crippen LogP contribution in [0.1, 0.15) is 5.56 Å². The van der Waals surface area contributed by atoms with E-state index >= 15 is 0 Å². The summed E-state index contributed by atoms with van der Waals surface area (Å²) in [5.74, 6) is 0. The Morgan fingerprint density at radius 1 is 0.594 bits per heavy atom. The lowest BCUT2D eigenvalue weighted by atomic mass is 10.1. The highest BCUT2D eigenvalue weighted by Gasteiger charge is 2.19. The molecule has 0 spiro atoms. The molecule has 3 aromatic carbocycles. The van der Waals surface area contributed by atoms with Crippen molar-refractivity contribution in [3.8, 4) is 5.69 Å². The van der Waals surface area contributed by atoms with E-state index in [9.17, 15) is 19.2 Å². The molecule has 158 valence electrons. The molecule has 5 rings (SSSR count). The molecular weight excluding hydrogens is 444 g/mol. The minimum atomic E-state index is -0.503. The van der Waals surface area contributed by atoms with Crippen LogP contribution in [0.2, 0.25) is 0 Å². The second-order valence-electron chi connectivity index (χ2n) is 7.53. The van der Waals surface area contributed by atoms with Crippen molar-refractivity contribution >= 4 is 43.1 Å². The number of nitrogens with zero attached hydrogens (tertiary/aromatic N) is 2. The standard InChI is InChI=1S/C24H16N2O4S2/c1-13-3-7-15(8-4-13)31-32-16-9-5-14(6-10-16)26-23(29)19-11-17-18(12-20(19)24(26)30)22(28)25(2)21(17)27/h3-12H,1-2H3. The van der Waals surface area contributed by atoms with E-state index in [0.29, 0.717) is 5.69 Å². The minimum absolute atomic E-state index is 0.138. The van der Waals surface area contributed by atoms with E-state index in [4.69, 9.17) is 0 Å². The highest BCUT2D eigenvalue weighted by molar-refractivity contribution is 8.76. The van der Waals surface area contributed by atoms with Crippen molar-refractivity contribution in [3.05, 3.63) is 108 Å². The van der Waals surface area contributed by atoms with Crippen LogP contribution in [0.25, 0.3) is 27.2 Å². The van der Waals surface area contributed by atoms with Gasteiger partial charge in [-0.05, 0) is 55.5 Å². The van der Waals surface area contributed by atoms with Gasteiger partial charge in [0.1, 0.15) is 0 Å². The molecule has 8 heteroatoms. The van der Waals surface area contributed by atoms with Crippen LogP contribution in [0.3, 0.4) is 0 Å². The molecule has 0 unspecified atom stereocenters. The SMILES string of the molecule is Cc1ccc(SSc2ccc(-n3c(=O)c4cc5c(=O)n(C)c(=O)c5cc4c3=O)cc2)cc1. The van der Waals surface area contributed by atoms with Gasteiger partial charge in [0.25, 0.3) is 22.2 Å². The summed E-state index contributed by atoms with van der Waals surface area (Å²) in [4.78, 5) is 52.6. The molecule has 0 aliphatic rings. The molecule has 5 aromatic rings. The fourth-order valence-electron chi connectivity index (χ4n) is 3.67. The van der Waals surface area contributed by atoms with E-state index in [1.165, 1.54) is 24.7 Å². The predicted octanol–water partition coefficient (Wildman–Crippen LogP) is 3.55. The Hall–Kier alpha value is -3.36. The summed E-state index contributed by atoms with van der Waals surface area (Å²) in [6.45, 7) is 2.04.